The monoisotopic (exact) mass is 430 g/mol. The van der Waals surface area contributed by atoms with Crippen LogP contribution in [-0.4, -0.2) is 25.7 Å². The van der Waals surface area contributed by atoms with Crippen LogP contribution in [0.3, 0.4) is 0 Å². The zero-order chi connectivity index (χ0) is 22.6. The second-order valence-corrected chi connectivity index (χ2v) is 7.64. The average Bonchev–Trinajstić information content (AvgIpc) is 2.81. The average molecular weight is 431 g/mol. The van der Waals surface area contributed by atoms with Gasteiger partial charge in [0, 0.05) is 17.4 Å². The van der Waals surface area contributed by atoms with Gasteiger partial charge in [0.2, 0.25) is 5.91 Å². The van der Waals surface area contributed by atoms with Crippen molar-refractivity contribution in [1.82, 2.24) is 0 Å². The van der Waals surface area contributed by atoms with Crippen LogP contribution in [0, 0.1) is 0 Å². The van der Waals surface area contributed by atoms with Gasteiger partial charge >= 0.3 is 0 Å². The van der Waals surface area contributed by atoms with Gasteiger partial charge in [-0.1, -0.05) is 43.0 Å². The molecule has 3 rings (SSSR count). The lowest BCUT2D eigenvalue weighted by Gasteiger charge is -2.11. The summed E-state index contributed by atoms with van der Waals surface area (Å²) in [5, 5.41) is 6.01. The molecule has 2 N–H and O–H groups in total. The summed E-state index contributed by atoms with van der Waals surface area (Å²) in [7, 11) is 0. The minimum Gasteiger partial charge on any atom is -0.494 e. The molecule has 5 heteroatoms. The van der Waals surface area contributed by atoms with Crippen molar-refractivity contribution in [3.05, 3.63) is 96.6 Å². The summed E-state index contributed by atoms with van der Waals surface area (Å²) in [5.41, 5.74) is 3.82. The van der Waals surface area contributed by atoms with E-state index in [1.165, 1.54) is 5.56 Å². The largest absolute Gasteiger partial charge is 0.494 e. The van der Waals surface area contributed by atoms with Gasteiger partial charge in [0.05, 0.1) is 13.2 Å². The van der Waals surface area contributed by atoms with Crippen LogP contribution in [0.15, 0.2) is 91.0 Å². The number of carbonyl (C=O) groups excluding carboxylic acids is 1. The van der Waals surface area contributed by atoms with E-state index in [1.807, 2.05) is 73.7 Å². The molecule has 0 aliphatic heterocycles. The van der Waals surface area contributed by atoms with Gasteiger partial charge < -0.3 is 20.1 Å². The van der Waals surface area contributed by atoms with Gasteiger partial charge in [-0.3, -0.25) is 4.79 Å². The molecule has 32 heavy (non-hydrogen) atoms. The summed E-state index contributed by atoms with van der Waals surface area (Å²) in [4.78, 5) is 12.3. The number of hydrogen-bond acceptors (Lipinski definition) is 4. The minimum absolute atomic E-state index is 0.131. The van der Waals surface area contributed by atoms with E-state index in [9.17, 15) is 4.79 Å². The highest BCUT2D eigenvalue weighted by molar-refractivity contribution is 5.93. The number of carbonyl (C=O) groups is 1. The quantitative estimate of drug-likeness (QED) is 0.286. The van der Waals surface area contributed by atoms with Crippen molar-refractivity contribution in [2.45, 2.75) is 19.8 Å². The summed E-state index contributed by atoms with van der Waals surface area (Å²) in [6, 6.07) is 25.3. The first-order valence-electron chi connectivity index (χ1n) is 10.8. The molecule has 0 aromatic heterocycles. The molecule has 0 atom stereocenters. The Hall–Kier alpha value is -3.73. The fourth-order valence-corrected chi connectivity index (χ4v) is 3.04. The Bertz CT molecular complexity index is 1000. The number of nitrogens with one attached hydrogen (secondary N) is 2. The van der Waals surface area contributed by atoms with Crippen LogP contribution in [-0.2, 0) is 11.2 Å². The van der Waals surface area contributed by atoms with E-state index in [0.717, 1.165) is 35.6 Å². The van der Waals surface area contributed by atoms with E-state index in [0.29, 0.717) is 18.9 Å². The van der Waals surface area contributed by atoms with Crippen molar-refractivity contribution in [3.8, 4) is 11.5 Å². The van der Waals surface area contributed by atoms with Gasteiger partial charge in [-0.05, 0) is 67.3 Å². The highest BCUT2D eigenvalue weighted by atomic mass is 16.5. The van der Waals surface area contributed by atoms with Crippen LogP contribution >= 0.6 is 0 Å². The molecule has 0 aliphatic rings. The van der Waals surface area contributed by atoms with Crippen LogP contribution < -0.4 is 20.1 Å². The first kappa shape index (κ1) is 22.9. The second kappa shape index (κ2) is 12.2. The van der Waals surface area contributed by atoms with E-state index in [4.69, 9.17) is 9.47 Å². The summed E-state index contributed by atoms with van der Waals surface area (Å²) >= 11 is 0. The highest BCUT2D eigenvalue weighted by Crippen LogP contribution is 2.19. The van der Waals surface area contributed by atoms with E-state index in [2.05, 4.69) is 29.3 Å². The number of ether oxygens (including phenoxy) is 2. The normalized spacial score (nSPS) is 10.3. The molecule has 0 radical (unpaired) electrons. The SMILES string of the molecule is C=C(C)COc1ccc(NCC(=O)Nc2cccc(OCCCc3ccccc3)c2)cc1. The number of aryl methyl sites for hydroxylation is 1. The molecule has 0 fully saturated rings. The molecular weight excluding hydrogens is 400 g/mol. The maximum atomic E-state index is 12.3. The van der Waals surface area contributed by atoms with Crippen molar-refractivity contribution in [1.29, 1.82) is 0 Å². The Labute approximate surface area is 190 Å². The zero-order valence-electron chi connectivity index (χ0n) is 18.5. The van der Waals surface area contributed by atoms with Gasteiger partial charge in [-0.2, -0.15) is 0 Å². The zero-order valence-corrected chi connectivity index (χ0v) is 18.5. The van der Waals surface area contributed by atoms with Gasteiger partial charge in [-0.15, -0.1) is 0 Å². The highest BCUT2D eigenvalue weighted by Gasteiger charge is 2.04. The Morgan fingerprint density at radius 1 is 0.875 bits per heavy atom. The van der Waals surface area contributed by atoms with Crippen LogP contribution in [0.2, 0.25) is 0 Å². The Morgan fingerprint density at radius 2 is 1.66 bits per heavy atom. The summed E-state index contributed by atoms with van der Waals surface area (Å²) in [5.74, 6) is 1.38. The van der Waals surface area contributed by atoms with Crippen LogP contribution in [0.1, 0.15) is 18.9 Å². The first-order chi connectivity index (χ1) is 15.6. The number of amides is 1. The van der Waals surface area contributed by atoms with Crippen molar-refractivity contribution in [3.63, 3.8) is 0 Å². The maximum absolute atomic E-state index is 12.3. The van der Waals surface area contributed by atoms with Crippen molar-refractivity contribution in [2.75, 3.05) is 30.4 Å². The van der Waals surface area contributed by atoms with Gasteiger partial charge in [0.15, 0.2) is 0 Å². The topological polar surface area (TPSA) is 59.6 Å². The van der Waals surface area contributed by atoms with Crippen molar-refractivity contribution in [2.24, 2.45) is 0 Å². The third-order valence-electron chi connectivity index (χ3n) is 4.63. The molecule has 1 amide bonds. The lowest BCUT2D eigenvalue weighted by atomic mass is 10.1. The summed E-state index contributed by atoms with van der Waals surface area (Å²) < 4.78 is 11.4. The standard InChI is InChI=1S/C27H30N2O3/c1-21(2)20-32-25-15-13-23(14-16-25)28-19-27(30)29-24-11-6-12-26(18-24)31-17-7-10-22-8-4-3-5-9-22/h3-6,8-9,11-16,18,28H,1,7,10,17,19-20H2,2H3,(H,29,30). The predicted molar refractivity (Wildman–Crippen MR) is 131 cm³/mol. The Balaban J connectivity index is 1.39. The number of anilines is 2. The fraction of sp³-hybridized carbons (Fsp3) is 0.222. The first-order valence-corrected chi connectivity index (χ1v) is 10.8. The second-order valence-electron chi connectivity index (χ2n) is 7.64. The van der Waals surface area contributed by atoms with Gasteiger partial charge in [0.1, 0.15) is 18.1 Å². The lowest BCUT2D eigenvalue weighted by molar-refractivity contribution is -0.114. The third-order valence-corrected chi connectivity index (χ3v) is 4.63. The smallest absolute Gasteiger partial charge is 0.243 e. The van der Waals surface area contributed by atoms with Crippen molar-refractivity contribution >= 4 is 17.3 Å². The van der Waals surface area contributed by atoms with Crippen molar-refractivity contribution < 1.29 is 14.3 Å². The molecule has 0 saturated carbocycles. The Kier molecular flexibility index (Phi) is 8.75. The summed E-state index contributed by atoms with van der Waals surface area (Å²) in [6.45, 7) is 7.01. The number of rotatable bonds is 12. The third kappa shape index (κ3) is 8.19. The van der Waals surface area contributed by atoms with E-state index in [1.54, 1.807) is 0 Å². The maximum Gasteiger partial charge on any atom is 0.243 e. The van der Waals surface area contributed by atoms with Crippen LogP contribution in [0.4, 0.5) is 11.4 Å². The molecule has 0 aliphatic carbocycles. The fourth-order valence-electron chi connectivity index (χ4n) is 3.04. The lowest BCUT2D eigenvalue weighted by Crippen LogP contribution is -2.21. The van der Waals surface area contributed by atoms with E-state index >= 15 is 0 Å². The molecule has 0 heterocycles. The number of benzene rings is 3. The molecule has 3 aromatic rings. The van der Waals surface area contributed by atoms with Gasteiger partial charge in [-0.25, -0.2) is 0 Å². The van der Waals surface area contributed by atoms with Gasteiger partial charge in [0.25, 0.3) is 0 Å². The molecule has 3 aromatic carbocycles. The molecule has 0 bridgehead atoms. The molecule has 0 saturated heterocycles. The van der Waals surface area contributed by atoms with E-state index in [-0.39, 0.29) is 12.5 Å². The molecular formula is C27H30N2O3. The number of hydrogen-bond donors (Lipinski definition) is 2. The molecule has 166 valence electrons. The predicted octanol–water partition coefficient (Wildman–Crippen LogP) is 5.70. The van der Waals surface area contributed by atoms with E-state index < -0.39 is 0 Å². The molecule has 0 unspecified atom stereocenters. The molecule has 5 nitrogen and oxygen atoms in total. The van der Waals surface area contributed by atoms with Crippen LogP contribution in [0.5, 0.6) is 11.5 Å². The Morgan fingerprint density at radius 3 is 2.41 bits per heavy atom. The van der Waals surface area contributed by atoms with Crippen LogP contribution in [0.25, 0.3) is 0 Å². The summed E-state index contributed by atoms with van der Waals surface area (Å²) in [6.07, 6.45) is 1.91. The minimum atomic E-state index is -0.131. The molecule has 0 spiro atoms.